The SMILES string of the molecule is O=C1/C(=C/c2ccc(F)c(F)c2)CC(NC(=O)c2ccc(OCCN3CC4(COC4)C3)cc2)C/C1=C\c1ccc(F)c(F)c1. The summed E-state index contributed by atoms with van der Waals surface area (Å²) in [5.41, 5.74) is 1.79. The zero-order valence-corrected chi connectivity index (χ0v) is 23.8. The van der Waals surface area contributed by atoms with Crippen molar-refractivity contribution in [3.63, 3.8) is 0 Å². The Bertz CT molecular complexity index is 1570. The molecule has 3 aromatic carbocycles. The number of ether oxygens (including phenoxy) is 2. The van der Waals surface area contributed by atoms with E-state index in [1.54, 1.807) is 24.3 Å². The standard InChI is InChI=1S/C34H30F4N2O4/c35-28-7-1-21(13-30(28)37)11-24-15-26(16-25(32(24)41)12-22-2-8-29(36)31(38)14-22)39-33(42)23-3-5-27(6-4-23)44-10-9-40-17-34(18-40)19-43-20-34/h1-8,11-14,26H,9-10,15-20H2,(H,39,42)/b24-11+,25-12+. The third kappa shape index (κ3) is 6.61. The van der Waals surface area contributed by atoms with Gasteiger partial charge in [-0.1, -0.05) is 12.1 Å². The van der Waals surface area contributed by atoms with E-state index in [0.717, 1.165) is 57.1 Å². The van der Waals surface area contributed by atoms with Crippen molar-refractivity contribution >= 4 is 23.8 Å². The quantitative estimate of drug-likeness (QED) is 0.268. The Kier molecular flexibility index (Phi) is 8.38. The topological polar surface area (TPSA) is 67.9 Å². The molecule has 1 spiro atoms. The van der Waals surface area contributed by atoms with Gasteiger partial charge in [0.1, 0.15) is 12.4 Å². The van der Waals surface area contributed by atoms with Gasteiger partial charge in [0.15, 0.2) is 29.1 Å². The smallest absolute Gasteiger partial charge is 0.251 e. The molecule has 3 aliphatic rings. The second-order valence-electron chi connectivity index (χ2n) is 11.7. The highest BCUT2D eigenvalue weighted by atomic mass is 19.2. The van der Waals surface area contributed by atoms with E-state index >= 15 is 0 Å². The Labute approximate surface area is 252 Å². The molecule has 6 rings (SSSR count). The lowest BCUT2D eigenvalue weighted by Crippen LogP contribution is -2.66. The number of nitrogens with one attached hydrogen (secondary N) is 1. The van der Waals surface area contributed by atoms with Gasteiger partial charge in [0.2, 0.25) is 0 Å². The predicted molar refractivity (Wildman–Crippen MR) is 156 cm³/mol. The average Bonchev–Trinajstić information content (AvgIpc) is 2.95. The summed E-state index contributed by atoms with van der Waals surface area (Å²) in [5, 5.41) is 2.94. The maximum absolute atomic E-state index is 13.9. The van der Waals surface area contributed by atoms with Crippen LogP contribution in [0.25, 0.3) is 12.2 Å². The van der Waals surface area contributed by atoms with E-state index in [1.807, 2.05) is 0 Å². The Morgan fingerprint density at radius 2 is 1.43 bits per heavy atom. The average molecular weight is 607 g/mol. The normalized spacial score (nSPS) is 21.3. The van der Waals surface area contributed by atoms with E-state index in [2.05, 4.69) is 10.2 Å². The highest BCUT2D eigenvalue weighted by Crippen LogP contribution is 2.37. The van der Waals surface area contributed by atoms with E-state index in [-0.39, 0.29) is 46.8 Å². The minimum absolute atomic E-state index is 0.129. The molecule has 1 N–H and O–H groups in total. The maximum Gasteiger partial charge on any atom is 0.251 e. The number of benzene rings is 3. The highest BCUT2D eigenvalue weighted by Gasteiger charge is 2.48. The molecular weight excluding hydrogens is 576 g/mol. The number of hydrogen-bond acceptors (Lipinski definition) is 5. The van der Waals surface area contributed by atoms with Crippen molar-refractivity contribution in [2.75, 3.05) is 39.5 Å². The first-order valence-electron chi connectivity index (χ1n) is 14.4. The van der Waals surface area contributed by atoms with Crippen LogP contribution in [-0.4, -0.2) is 62.1 Å². The van der Waals surface area contributed by atoms with Crippen molar-refractivity contribution in [1.82, 2.24) is 10.2 Å². The van der Waals surface area contributed by atoms with Crippen LogP contribution in [0, 0.1) is 28.7 Å². The van der Waals surface area contributed by atoms with Gasteiger partial charge in [0.05, 0.1) is 13.2 Å². The van der Waals surface area contributed by atoms with Crippen LogP contribution in [0.4, 0.5) is 17.6 Å². The highest BCUT2D eigenvalue weighted by molar-refractivity contribution is 6.14. The number of hydrogen-bond donors (Lipinski definition) is 1. The molecule has 2 heterocycles. The summed E-state index contributed by atoms with van der Waals surface area (Å²) in [6.45, 7) is 5.06. The van der Waals surface area contributed by atoms with Crippen molar-refractivity contribution in [2.45, 2.75) is 18.9 Å². The van der Waals surface area contributed by atoms with Gasteiger partial charge < -0.3 is 14.8 Å². The molecule has 1 saturated carbocycles. The number of Topliss-reactive ketones (excluding diaryl/α,β-unsaturated/α-hetero) is 1. The molecule has 0 aromatic heterocycles. The van der Waals surface area contributed by atoms with Crippen molar-refractivity contribution in [1.29, 1.82) is 0 Å². The zero-order chi connectivity index (χ0) is 30.8. The summed E-state index contributed by atoms with van der Waals surface area (Å²) in [6.07, 6.45) is 3.14. The minimum Gasteiger partial charge on any atom is -0.492 e. The summed E-state index contributed by atoms with van der Waals surface area (Å²) in [4.78, 5) is 28.9. The second kappa shape index (κ2) is 12.4. The van der Waals surface area contributed by atoms with E-state index in [4.69, 9.17) is 9.47 Å². The monoisotopic (exact) mass is 606 g/mol. The van der Waals surface area contributed by atoms with Crippen LogP contribution in [0.1, 0.15) is 34.3 Å². The number of carbonyl (C=O) groups is 2. The Balaban J connectivity index is 1.13. The molecule has 1 aliphatic carbocycles. The van der Waals surface area contributed by atoms with Crippen LogP contribution in [-0.2, 0) is 9.53 Å². The lowest BCUT2D eigenvalue weighted by molar-refractivity contribution is -0.189. The van der Waals surface area contributed by atoms with Gasteiger partial charge in [-0.25, -0.2) is 17.6 Å². The van der Waals surface area contributed by atoms with Crippen LogP contribution in [0.2, 0.25) is 0 Å². The van der Waals surface area contributed by atoms with E-state index < -0.39 is 29.3 Å². The Morgan fingerprint density at radius 1 is 0.864 bits per heavy atom. The predicted octanol–water partition coefficient (Wildman–Crippen LogP) is 5.58. The molecule has 10 heteroatoms. The van der Waals surface area contributed by atoms with Crippen molar-refractivity contribution in [3.8, 4) is 5.75 Å². The van der Waals surface area contributed by atoms with Gasteiger partial charge in [-0.2, -0.15) is 0 Å². The first-order valence-corrected chi connectivity index (χ1v) is 14.4. The second-order valence-corrected chi connectivity index (χ2v) is 11.7. The summed E-state index contributed by atoms with van der Waals surface area (Å²) >= 11 is 0. The molecule has 6 nitrogen and oxygen atoms in total. The number of amides is 1. The number of halogens is 4. The summed E-state index contributed by atoms with van der Waals surface area (Å²) in [7, 11) is 0. The molecular formula is C34H30F4N2O4. The lowest BCUT2D eigenvalue weighted by atomic mass is 9.78. The van der Waals surface area contributed by atoms with Gasteiger partial charge >= 0.3 is 0 Å². The largest absolute Gasteiger partial charge is 0.492 e. The zero-order valence-electron chi connectivity index (χ0n) is 23.8. The molecule has 0 bridgehead atoms. The molecule has 1 amide bonds. The van der Waals surface area contributed by atoms with Crippen molar-refractivity contribution in [2.24, 2.45) is 5.41 Å². The first-order chi connectivity index (χ1) is 21.2. The molecule has 2 saturated heterocycles. The maximum atomic E-state index is 13.9. The third-order valence-corrected chi connectivity index (χ3v) is 8.15. The van der Waals surface area contributed by atoms with Crippen LogP contribution < -0.4 is 10.1 Å². The minimum atomic E-state index is -1.06. The van der Waals surface area contributed by atoms with Gasteiger partial charge in [0.25, 0.3) is 5.91 Å². The number of rotatable bonds is 8. The Hall–Kier alpha value is -4.28. The van der Waals surface area contributed by atoms with Gasteiger partial charge in [-0.3, -0.25) is 14.5 Å². The van der Waals surface area contributed by atoms with E-state index in [1.165, 1.54) is 24.3 Å². The summed E-state index contributed by atoms with van der Waals surface area (Å²) < 4.78 is 65.8. The number of ketones is 1. The third-order valence-electron chi connectivity index (χ3n) is 8.15. The van der Waals surface area contributed by atoms with Gasteiger partial charge in [-0.15, -0.1) is 0 Å². The van der Waals surface area contributed by atoms with Crippen molar-refractivity contribution in [3.05, 3.63) is 112 Å². The summed E-state index contributed by atoms with van der Waals surface area (Å²) in [6, 6.07) is 12.8. The van der Waals surface area contributed by atoms with Crippen molar-refractivity contribution < 1.29 is 36.6 Å². The Morgan fingerprint density at radius 3 is 1.93 bits per heavy atom. The number of carbonyl (C=O) groups excluding carboxylic acids is 2. The fraction of sp³-hybridized carbons (Fsp3) is 0.294. The van der Waals surface area contributed by atoms with Crippen LogP contribution in [0.15, 0.2) is 71.8 Å². The van der Waals surface area contributed by atoms with E-state index in [0.29, 0.717) is 23.3 Å². The van der Waals surface area contributed by atoms with Gasteiger partial charge in [0, 0.05) is 47.8 Å². The molecule has 0 atom stereocenters. The van der Waals surface area contributed by atoms with Gasteiger partial charge in [-0.05, 0) is 84.7 Å². The molecule has 0 unspecified atom stereocenters. The van der Waals surface area contributed by atoms with Crippen LogP contribution >= 0.6 is 0 Å². The fourth-order valence-electron chi connectivity index (χ4n) is 5.85. The van der Waals surface area contributed by atoms with E-state index in [9.17, 15) is 27.2 Å². The molecule has 3 fully saturated rings. The fourth-order valence-corrected chi connectivity index (χ4v) is 5.85. The number of nitrogens with zero attached hydrogens (tertiary/aromatic N) is 1. The number of likely N-dealkylation sites (tertiary alicyclic amines) is 1. The molecule has 44 heavy (non-hydrogen) atoms. The summed E-state index contributed by atoms with van der Waals surface area (Å²) in [5.74, 6) is -4.28. The lowest BCUT2D eigenvalue weighted by Gasteiger charge is -2.55. The van der Waals surface area contributed by atoms with Crippen LogP contribution in [0.5, 0.6) is 5.75 Å². The molecule has 0 radical (unpaired) electrons. The molecule has 228 valence electrons. The first kappa shape index (κ1) is 29.8. The van der Waals surface area contributed by atoms with Crippen LogP contribution in [0.3, 0.4) is 0 Å². The molecule has 2 aliphatic heterocycles. The molecule has 3 aromatic rings.